The summed E-state index contributed by atoms with van der Waals surface area (Å²) in [6.07, 6.45) is 1.75. The normalized spacial score (nSPS) is 19.3. The molecule has 0 spiro atoms. The van der Waals surface area contributed by atoms with Crippen molar-refractivity contribution in [2.24, 2.45) is 5.92 Å². The molecular formula is C17H27NO3. The highest BCUT2D eigenvalue weighted by atomic mass is 16.5. The van der Waals surface area contributed by atoms with Crippen LogP contribution in [0.15, 0.2) is 30.3 Å². The Morgan fingerprint density at radius 3 is 2.71 bits per heavy atom. The average molecular weight is 293 g/mol. The molecule has 2 rings (SSSR count). The SMILES string of the molecule is CC(NCC(O)COCc1ccccc1)C1CCOCC1. The van der Waals surface area contributed by atoms with Crippen molar-refractivity contribution in [2.75, 3.05) is 26.4 Å². The van der Waals surface area contributed by atoms with E-state index in [9.17, 15) is 5.11 Å². The van der Waals surface area contributed by atoms with Crippen LogP contribution in [0.5, 0.6) is 0 Å². The maximum atomic E-state index is 9.96. The first-order valence-electron chi connectivity index (χ1n) is 7.86. The molecule has 1 heterocycles. The molecule has 1 fully saturated rings. The molecule has 2 N–H and O–H groups in total. The molecule has 0 amide bonds. The van der Waals surface area contributed by atoms with Gasteiger partial charge in [0.05, 0.1) is 19.3 Å². The molecule has 0 saturated carbocycles. The molecule has 4 nitrogen and oxygen atoms in total. The van der Waals surface area contributed by atoms with E-state index >= 15 is 0 Å². The first kappa shape index (κ1) is 16.4. The third kappa shape index (κ3) is 6.14. The van der Waals surface area contributed by atoms with Gasteiger partial charge in [-0.05, 0) is 31.2 Å². The summed E-state index contributed by atoms with van der Waals surface area (Å²) in [5.74, 6) is 0.649. The van der Waals surface area contributed by atoms with Crippen LogP contribution in [0.3, 0.4) is 0 Å². The van der Waals surface area contributed by atoms with E-state index in [-0.39, 0.29) is 0 Å². The lowest BCUT2D eigenvalue weighted by Gasteiger charge is -2.29. The largest absolute Gasteiger partial charge is 0.389 e. The lowest BCUT2D eigenvalue weighted by atomic mass is 9.93. The van der Waals surface area contributed by atoms with E-state index in [2.05, 4.69) is 12.2 Å². The average Bonchev–Trinajstić information content (AvgIpc) is 2.54. The number of hydrogen-bond donors (Lipinski definition) is 2. The number of nitrogens with one attached hydrogen (secondary N) is 1. The third-order valence-corrected chi connectivity index (χ3v) is 4.07. The molecule has 4 heteroatoms. The summed E-state index contributed by atoms with van der Waals surface area (Å²) < 4.78 is 10.9. The van der Waals surface area contributed by atoms with Gasteiger partial charge in [-0.3, -0.25) is 0 Å². The Balaban J connectivity index is 1.57. The van der Waals surface area contributed by atoms with Gasteiger partial charge in [-0.1, -0.05) is 30.3 Å². The van der Waals surface area contributed by atoms with Crippen LogP contribution in [0.2, 0.25) is 0 Å². The summed E-state index contributed by atoms with van der Waals surface area (Å²) in [7, 11) is 0. The number of aliphatic hydroxyl groups excluding tert-OH is 1. The zero-order valence-corrected chi connectivity index (χ0v) is 12.8. The minimum Gasteiger partial charge on any atom is -0.389 e. The van der Waals surface area contributed by atoms with Gasteiger partial charge in [0.2, 0.25) is 0 Å². The monoisotopic (exact) mass is 293 g/mol. The zero-order chi connectivity index (χ0) is 14.9. The fourth-order valence-electron chi connectivity index (χ4n) is 2.65. The Morgan fingerprint density at radius 1 is 1.29 bits per heavy atom. The predicted octanol–water partition coefficient (Wildman–Crippen LogP) is 1.97. The molecule has 0 bridgehead atoms. The second-order valence-corrected chi connectivity index (χ2v) is 5.80. The van der Waals surface area contributed by atoms with Crippen molar-refractivity contribution in [3.05, 3.63) is 35.9 Å². The van der Waals surface area contributed by atoms with Crippen molar-refractivity contribution in [3.63, 3.8) is 0 Å². The number of benzene rings is 1. The summed E-state index contributed by atoms with van der Waals surface area (Å²) in [4.78, 5) is 0. The van der Waals surface area contributed by atoms with Gasteiger partial charge in [-0.25, -0.2) is 0 Å². The molecule has 2 unspecified atom stereocenters. The van der Waals surface area contributed by atoms with E-state index in [4.69, 9.17) is 9.47 Å². The molecule has 1 aromatic carbocycles. The fraction of sp³-hybridized carbons (Fsp3) is 0.647. The van der Waals surface area contributed by atoms with Crippen molar-refractivity contribution >= 4 is 0 Å². The Labute approximate surface area is 127 Å². The highest BCUT2D eigenvalue weighted by molar-refractivity contribution is 5.13. The highest BCUT2D eigenvalue weighted by Gasteiger charge is 2.20. The molecular weight excluding hydrogens is 266 g/mol. The van der Waals surface area contributed by atoms with Gasteiger partial charge >= 0.3 is 0 Å². The van der Waals surface area contributed by atoms with Crippen LogP contribution in [-0.2, 0) is 16.1 Å². The van der Waals surface area contributed by atoms with Crippen LogP contribution in [0.25, 0.3) is 0 Å². The van der Waals surface area contributed by atoms with Crippen LogP contribution in [0, 0.1) is 5.92 Å². The van der Waals surface area contributed by atoms with Gasteiger partial charge in [0.1, 0.15) is 0 Å². The molecule has 0 aromatic heterocycles. The van der Waals surface area contributed by atoms with E-state index in [1.807, 2.05) is 30.3 Å². The molecule has 21 heavy (non-hydrogen) atoms. The maximum Gasteiger partial charge on any atom is 0.0897 e. The van der Waals surface area contributed by atoms with Crippen LogP contribution < -0.4 is 5.32 Å². The summed E-state index contributed by atoms with van der Waals surface area (Å²) >= 11 is 0. The number of rotatable bonds is 8. The minimum absolute atomic E-state index is 0.363. The van der Waals surface area contributed by atoms with Crippen molar-refractivity contribution in [1.82, 2.24) is 5.32 Å². The van der Waals surface area contributed by atoms with Crippen molar-refractivity contribution < 1.29 is 14.6 Å². The van der Waals surface area contributed by atoms with Gasteiger partial charge in [-0.2, -0.15) is 0 Å². The second-order valence-electron chi connectivity index (χ2n) is 5.80. The quantitative estimate of drug-likeness (QED) is 0.769. The van der Waals surface area contributed by atoms with E-state index in [0.717, 1.165) is 31.6 Å². The van der Waals surface area contributed by atoms with Gasteiger partial charge in [0.15, 0.2) is 0 Å². The molecule has 118 valence electrons. The Bertz CT molecular complexity index is 379. The van der Waals surface area contributed by atoms with E-state index in [0.29, 0.717) is 31.7 Å². The lowest BCUT2D eigenvalue weighted by molar-refractivity contribution is 0.0228. The zero-order valence-electron chi connectivity index (χ0n) is 12.8. The summed E-state index contributed by atoms with van der Waals surface area (Å²) in [6.45, 7) is 5.40. The molecule has 1 aliphatic rings. The first-order chi connectivity index (χ1) is 10.3. The van der Waals surface area contributed by atoms with Crippen LogP contribution in [-0.4, -0.2) is 43.6 Å². The third-order valence-electron chi connectivity index (χ3n) is 4.07. The van der Waals surface area contributed by atoms with E-state index in [1.165, 1.54) is 0 Å². The van der Waals surface area contributed by atoms with Gasteiger partial charge in [-0.15, -0.1) is 0 Å². The van der Waals surface area contributed by atoms with E-state index < -0.39 is 6.10 Å². The smallest absolute Gasteiger partial charge is 0.0897 e. The highest BCUT2D eigenvalue weighted by Crippen LogP contribution is 2.18. The standard InChI is InChI=1S/C17H27NO3/c1-14(16-7-9-20-10-8-16)18-11-17(19)13-21-12-15-5-3-2-4-6-15/h2-6,14,16-19H,7-13H2,1H3. The molecule has 1 aliphatic heterocycles. The number of hydrogen-bond acceptors (Lipinski definition) is 4. The van der Waals surface area contributed by atoms with Crippen LogP contribution in [0.4, 0.5) is 0 Å². The van der Waals surface area contributed by atoms with Crippen LogP contribution >= 0.6 is 0 Å². The second kappa shape index (κ2) is 9.15. The maximum absolute atomic E-state index is 9.96. The summed E-state index contributed by atoms with van der Waals surface area (Å²) in [5, 5.41) is 13.4. The molecule has 0 radical (unpaired) electrons. The summed E-state index contributed by atoms with van der Waals surface area (Å²) in [5.41, 5.74) is 1.13. The van der Waals surface area contributed by atoms with Crippen molar-refractivity contribution in [1.29, 1.82) is 0 Å². The Morgan fingerprint density at radius 2 is 2.00 bits per heavy atom. The number of aliphatic hydroxyl groups is 1. The Hall–Kier alpha value is -0.940. The molecule has 1 aromatic rings. The molecule has 0 aliphatic carbocycles. The Kier molecular flexibility index (Phi) is 7.16. The van der Waals surface area contributed by atoms with Gasteiger partial charge in [0, 0.05) is 25.8 Å². The van der Waals surface area contributed by atoms with E-state index in [1.54, 1.807) is 0 Å². The number of ether oxygens (including phenoxy) is 2. The van der Waals surface area contributed by atoms with Crippen molar-refractivity contribution in [2.45, 2.75) is 38.5 Å². The molecule has 1 saturated heterocycles. The summed E-state index contributed by atoms with van der Waals surface area (Å²) in [6, 6.07) is 10.4. The topological polar surface area (TPSA) is 50.7 Å². The predicted molar refractivity (Wildman–Crippen MR) is 83.1 cm³/mol. The minimum atomic E-state index is -0.462. The fourth-order valence-corrected chi connectivity index (χ4v) is 2.65. The first-order valence-corrected chi connectivity index (χ1v) is 7.86. The lowest BCUT2D eigenvalue weighted by Crippen LogP contribution is -2.41. The van der Waals surface area contributed by atoms with Crippen LogP contribution in [0.1, 0.15) is 25.3 Å². The van der Waals surface area contributed by atoms with Crippen molar-refractivity contribution in [3.8, 4) is 0 Å². The van der Waals surface area contributed by atoms with Gasteiger partial charge < -0.3 is 19.9 Å². The van der Waals surface area contributed by atoms with Gasteiger partial charge in [0.25, 0.3) is 0 Å². The molecule has 2 atom stereocenters.